The van der Waals surface area contributed by atoms with Gasteiger partial charge in [0, 0.05) is 38.3 Å². The van der Waals surface area contributed by atoms with Crippen LogP contribution < -0.4 is 0 Å². The highest BCUT2D eigenvalue weighted by atomic mass is 32.1. The molecule has 2 fully saturated rings. The molecule has 30 heavy (non-hydrogen) atoms. The molecule has 4 heterocycles. The summed E-state index contributed by atoms with van der Waals surface area (Å²) in [4.78, 5) is 41.7. The molecule has 0 atom stereocenters. The number of amides is 2. The first-order valence-corrected chi connectivity index (χ1v) is 9.63. The second-order valence-electron chi connectivity index (χ2n) is 7.05. The number of carbonyl (C=O) groups is 3. The molecule has 2 aliphatic heterocycles. The quantitative estimate of drug-likeness (QED) is 0.752. The van der Waals surface area contributed by atoms with Crippen LogP contribution in [0, 0.1) is 6.92 Å². The summed E-state index contributed by atoms with van der Waals surface area (Å²) in [6, 6.07) is 0. The van der Waals surface area contributed by atoms with Gasteiger partial charge in [0.25, 0.3) is 11.8 Å². The van der Waals surface area contributed by atoms with E-state index in [4.69, 9.17) is 9.90 Å². The molecule has 1 spiro atoms. The van der Waals surface area contributed by atoms with E-state index in [9.17, 15) is 22.8 Å². The Kier molecular flexibility index (Phi) is 5.58. The summed E-state index contributed by atoms with van der Waals surface area (Å²) in [6.45, 7) is 3.81. The van der Waals surface area contributed by atoms with Gasteiger partial charge in [-0.3, -0.25) is 14.3 Å². The van der Waals surface area contributed by atoms with E-state index in [0.29, 0.717) is 24.3 Å². The minimum Gasteiger partial charge on any atom is -0.475 e. The summed E-state index contributed by atoms with van der Waals surface area (Å²) in [5.74, 6) is -2.80. The van der Waals surface area contributed by atoms with Gasteiger partial charge in [-0.15, -0.1) is 11.3 Å². The highest BCUT2D eigenvalue weighted by Gasteiger charge is 2.57. The molecule has 2 aromatic rings. The van der Waals surface area contributed by atoms with E-state index in [-0.39, 0.29) is 17.4 Å². The maximum atomic E-state index is 12.6. The average Bonchev–Trinajstić information content (AvgIpc) is 3.21. The van der Waals surface area contributed by atoms with Crippen molar-refractivity contribution in [1.82, 2.24) is 24.6 Å². The minimum absolute atomic E-state index is 0.000881. The molecule has 162 valence electrons. The van der Waals surface area contributed by atoms with Crippen LogP contribution in [0.5, 0.6) is 0 Å². The number of hydrogen-bond donors (Lipinski definition) is 1. The predicted octanol–water partition coefficient (Wildman–Crippen LogP) is 1.56. The van der Waals surface area contributed by atoms with Crippen LogP contribution in [-0.2, 0) is 11.8 Å². The smallest absolute Gasteiger partial charge is 0.475 e. The molecule has 0 saturated carbocycles. The maximum absolute atomic E-state index is 12.6. The van der Waals surface area contributed by atoms with Crippen molar-refractivity contribution in [2.45, 2.75) is 25.1 Å². The first kappa shape index (κ1) is 21.7. The molecule has 0 bridgehead atoms. The highest BCUT2D eigenvalue weighted by molar-refractivity contribution is 7.09. The van der Waals surface area contributed by atoms with E-state index in [1.54, 1.807) is 34.4 Å². The third kappa shape index (κ3) is 4.15. The lowest BCUT2D eigenvalue weighted by Crippen LogP contribution is -2.78. The molecule has 9 nitrogen and oxygen atoms in total. The van der Waals surface area contributed by atoms with Crippen molar-refractivity contribution in [2.24, 2.45) is 7.05 Å². The SMILES string of the molecule is Cc1nc(C(=O)N2CC3(CCN3C(=O)c3cnn(C)c3)C2)cs1.O=C(O)C(F)(F)F. The molecule has 4 rings (SSSR count). The molecule has 2 saturated heterocycles. The van der Waals surface area contributed by atoms with Crippen LogP contribution in [0.4, 0.5) is 13.2 Å². The third-order valence-electron chi connectivity index (χ3n) is 4.91. The average molecular weight is 445 g/mol. The number of hydrogen-bond acceptors (Lipinski definition) is 6. The number of carbonyl (C=O) groups excluding carboxylic acids is 2. The molecule has 0 aromatic carbocycles. The van der Waals surface area contributed by atoms with E-state index < -0.39 is 12.1 Å². The lowest BCUT2D eigenvalue weighted by atomic mass is 9.77. The summed E-state index contributed by atoms with van der Waals surface area (Å²) in [6.07, 6.45) is -0.819. The molecule has 1 N–H and O–H groups in total. The van der Waals surface area contributed by atoms with Gasteiger partial charge in [-0.2, -0.15) is 18.3 Å². The maximum Gasteiger partial charge on any atom is 0.490 e. The first-order chi connectivity index (χ1) is 13.9. The van der Waals surface area contributed by atoms with Crippen LogP contribution in [0.1, 0.15) is 32.3 Å². The van der Waals surface area contributed by atoms with E-state index in [1.807, 2.05) is 11.8 Å². The number of carboxylic acids is 1. The van der Waals surface area contributed by atoms with Crippen molar-refractivity contribution in [2.75, 3.05) is 19.6 Å². The van der Waals surface area contributed by atoms with Gasteiger partial charge in [0.05, 0.1) is 22.3 Å². The molecular weight excluding hydrogens is 427 g/mol. The van der Waals surface area contributed by atoms with Crippen LogP contribution in [0.2, 0.25) is 0 Å². The van der Waals surface area contributed by atoms with E-state index >= 15 is 0 Å². The van der Waals surface area contributed by atoms with Crippen molar-refractivity contribution in [1.29, 1.82) is 0 Å². The Labute approximate surface area is 172 Å². The Morgan fingerprint density at radius 2 is 1.87 bits per heavy atom. The second kappa shape index (κ2) is 7.70. The van der Waals surface area contributed by atoms with Crippen molar-refractivity contribution >= 4 is 29.1 Å². The molecule has 2 amide bonds. The van der Waals surface area contributed by atoms with Gasteiger partial charge in [-0.05, 0) is 13.3 Å². The van der Waals surface area contributed by atoms with Crippen LogP contribution in [0.15, 0.2) is 17.8 Å². The summed E-state index contributed by atoms with van der Waals surface area (Å²) < 4.78 is 33.4. The lowest BCUT2D eigenvalue weighted by Gasteiger charge is -2.62. The monoisotopic (exact) mass is 445 g/mol. The number of halogens is 3. The van der Waals surface area contributed by atoms with Crippen LogP contribution in [-0.4, -0.2) is 78.8 Å². The number of aromatic nitrogens is 3. The van der Waals surface area contributed by atoms with Crippen molar-refractivity contribution in [3.8, 4) is 0 Å². The van der Waals surface area contributed by atoms with E-state index in [0.717, 1.165) is 18.0 Å². The summed E-state index contributed by atoms with van der Waals surface area (Å²) in [5, 5.41) is 13.9. The fourth-order valence-corrected chi connectivity index (χ4v) is 3.89. The molecule has 2 aliphatic rings. The molecular formula is C17H18F3N5O4S. The highest BCUT2D eigenvalue weighted by Crippen LogP contribution is 2.40. The van der Waals surface area contributed by atoms with Crippen molar-refractivity contribution in [3.63, 3.8) is 0 Å². The number of thiazole rings is 1. The van der Waals surface area contributed by atoms with Gasteiger partial charge in [0.2, 0.25) is 0 Å². The Morgan fingerprint density at radius 1 is 1.23 bits per heavy atom. The lowest BCUT2D eigenvalue weighted by molar-refractivity contribution is -0.192. The Hall–Kier alpha value is -2.96. The largest absolute Gasteiger partial charge is 0.490 e. The van der Waals surface area contributed by atoms with Crippen molar-refractivity contribution in [3.05, 3.63) is 34.0 Å². The van der Waals surface area contributed by atoms with Crippen LogP contribution in [0.25, 0.3) is 0 Å². The van der Waals surface area contributed by atoms with Gasteiger partial charge in [-0.1, -0.05) is 0 Å². The van der Waals surface area contributed by atoms with Gasteiger partial charge in [-0.25, -0.2) is 9.78 Å². The van der Waals surface area contributed by atoms with Crippen LogP contribution in [0.3, 0.4) is 0 Å². The summed E-state index contributed by atoms with van der Waals surface area (Å²) in [7, 11) is 1.79. The van der Waals surface area contributed by atoms with Crippen LogP contribution >= 0.6 is 11.3 Å². The zero-order chi connectivity index (χ0) is 22.3. The number of likely N-dealkylation sites (tertiary alicyclic amines) is 2. The first-order valence-electron chi connectivity index (χ1n) is 8.75. The Bertz CT molecular complexity index is 980. The molecule has 0 aliphatic carbocycles. The van der Waals surface area contributed by atoms with Gasteiger partial charge >= 0.3 is 12.1 Å². The number of carboxylic acid groups (broad SMARTS) is 1. The number of alkyl halides is 3. The number of aliphatic carboxylic acids is 1. The zero-order valence-corrected chi connectivity index (χ0v) is 16.8. The Balaban J connectivity index is 0.000000318. The second-order valence-corrected chi connectivity index (χ2v) is 8.11. The minimum atomic E-state index is -5.08. The van der Waals surface area contributed by atoms with E-state index in [2.05, 4.69) is 10.1 Å². The topological polar surface area (TPSA) is 109 Å². The standard InChI is InChI=1S/C15H17N5O2S.C2HF3O2/c1-10-17-12(7-23-10)14(22)19-8-15(9-19)3-4-20(15)13(21)11-5-16-18(2)6-11;3-2(4,5)1(6)7/h5-7H,3-4,8-9H2,1-2H3;(H,6,7). The number of nitrogens with zero attached hydrogens (tertiary/aromatic N) is 5. The zero-order valence-electron chi connectivity index (χ0n) is 16.0. The van der Waals surface area contributed by atoms with Crippen molar-refractivity contribution < 1.29 is 32.7 Å². The summed E-state index contributed by atoms with van der Waals surface area (Å²) >= 11 is 1.48. The molecule has 13 heteroatoms. The molecule has 0 unspecified atom stereocenters. The molecule has 2 aromatic heterocycles. The number of rotatable bonds is 2. The Morgan fingerprint density at radius 3 is 2.27 bits per heavy atom. The van der Waals surface area contributed by atoms with Gasteiger partial charge in [0.15, 0.2) is 0 Å². The fourth-order valence-electron chi connectivity index (χ4n) is 3.30. The predicted molar refractivity (Wildman–Crippen MR) is 98.0 cm³/mol. The number of aryl methyl sites for hydroxylation is 2. The summed E-state index contributed by atoms with van der Waals surface area (Å²) in [5.41, 5.74) is 0.923. The van der Waals surface area contributed by atoms with Gasteiger partial charge in [0.1, 0.15) is 5.69 Å². The molecule has 0 radical (unpaired) electrons. The van der Waals surface area contributed by atoms with Gasteiger partial charge < -0.3 is 14.9 Å². The third-order valence-corrected chi connectivity index (χ3v) is 5.68. The normalized spacial score (nSPS) is 17.0. The fraction of sp³-hybridized carbons (Fsp3) is 0.471. The van der Waals surface area contributed by atoms with E-state index in [1.165, 1.54) is 11.3 Å².